The number of aryl methyl sites for hydroxylation is 2. The second kappa shape index (κ2) is 7.71. The van der Waals surface area contributed by atoms with Crippen LogP contribution in [0.5, 0.6) is 0 Å². The molecule has 0 atom stereocenters. The van der Waals surface area contributed by atoms with E-state index in [1.54, 1.807) is 30.0 Å². The van der Waals surface area contributed by atoms with Gasteiger partial charge in [0.15, 0.2) is 12.4 Å². The fourth-order valence-electron chi connectivity index (χ4n) is 3.88. The minimum atomic E-state index is -0.648. The lowest BCUT2D eigenvalue weighted by molar-refractivity contribution is -0.121. The molecule has 0 aliphatic carbocycles. The van der Waals surface area contributed by atoms with E-state index in [0.29, 0.717) is 29.1 Å². The predicted octanol–water partition coefficient (Wildman–Crippen LogP) is 3.93. The van der Waals surface area contributed by atoms with Crippen molar-refractivity contribution in [2.75, 3.05) is 18.1 Å². The SMILES string of the molecule is Cc1noc2nc(-c3ccco3)cc(C(=O)OCC(=O)N3CCCc4ccccc43)c12. The van der Waals surface area contributed by atoms with Gasteiger partial charge in [-0.05, 0) is 49.6 Å². The molecule has 31 heavy (non-hydrogen) atoms. The van der Waals surface area contributed by atoms with Crippen LogP contribution in [0.15, 0.2) is 57.7 Å². The van der Waals surface area contributed by atoms with Crippen LogP contribution in [0.25, 0.3) is 22.6 Å². The molecule has 156 valence electrons. The lowest BCUT2D eigenvalue weighted by Gasteiger charge is -2.29. The van der Waals surface area contributed by atoms with Crippen molar-refractivity contribution in [2.24, 2.45) is 0 Å². The Kier molecular flexibility index (Phi) is 4.74. The monoisotopic (exact) mass is 417 g/mol. The zero-order valence-electron chi connectivity index (χ0n) is 16.8. The van der Waals surface area contributed by atoms with Crippen molar-refractivity contribution >= 4 is 28.7 Å². The fourth-order valence-corrected chi connectivity index (χ4v) is 3.88. The molecule has 3 aromatic heterocycles. The van der Waals surface area contributed by atoms with Gasteiger partial charge < -0.3 is 18.6 Å². The first-order valence-electron chi connectivity index (χ1n) is 9.98. The predicted molar refractivity (Wildman–Crippen MR) is 112 cm³/mol. The Bertz CT molecular complexity index is 1280. The van der Waals surface area contributed by atoms with E-state index in [4.69, 9.17) is 13.7 Å². The van der Waals surface area contributed by atoms with Crippen molar-refractivity contribution in [2.45, 2.75) is 19.8 Å². The van der Waals surface area contributed by atoms with Gasteiger partial charge in [0.05, 0.1) is 22.9 Å². The third kappa shape index (κ3) is 3.46. The number of rotatable bonds is 4. The molecule has 0 bridgehead atoms. The number of carbonyl (C=O) groups is 2. The third-order valence-corrected chi connectivity index (χ3v) is 5.35. The molecule has 0 unspecified atom stereocenters. The molecule has 4 heterocycles. The van der Waals surface area contributed by atoms with Crippen LogP contribution in [0.4, 0.5) is 5.69 Å². The van der Waals surface area contributed by atoms with Gasteiger partial charge in [0.25, 0.3) is 11.6 Å². The van der Waals surface area contributed by atoms with Crippen molar-refractivity contribution in [3.05, 3.63) is 65.5 Å². The molecule has 1 aliphatic rings. The molecule has 0 spiro atoms. The van der Waals surface area contributed by atoms with Crippen molar-refractivity contribution in [1.82, 2.24) is 10.1 Å². The maximum atomic E-state index is 12.9. The van der Waals surface area contributed by atoms with Crippen molar-refractivity contribution < 1.29 is 23.3 Å². The van der Waals surface area contributed by atoms with Crippen LogP contribution >= 0.6 is 0 Å². The number of para-hydroxylation sites is 1. The number of pyridine rings is 1. The van der Waals surface area contributed by atoms with Crippen LogP contribution in [0.2, 0.25) is 0 Å². The van der Waals surface area contributed by atoms with Gasteiger partial charge in [0.1, 0.15) is 5.69 Å². The summed E-state index contributed by atoms with van der Waals surface area (Å²) in [4.78, 5) is 31.8. The molecule has 0 saturated carbocycles. The zero-order chi connectivity index (χ0) is 21.4. The van der Waals surface area contributed by atoms with Crippen molar-refractivity contribution in [3.8, 4) is 11.5 Å². The van der Waals surface area contributed by atoms with Gasteiger partial charge in [0, 0.05) is 12.2 Å². The highest BCUT2D eigenvalue weighted by Gasteiger charge is 2.25. The number of esters is 1. The van der Waals surface area contributed by atoms with Crippen LogP contribution in [0.1, 0.15) is 28.0 Å². The molecular weight excluding hydrogens is 398 g/mol. The molecule has 0 radical (unpaired) electrons. The maximum absolute atomic E-state index is 12.9. The molecular formula is C23H19N3O5. The number of anilines is 1. The van der Waals surface area contributed by atoms with Crippen LogP contribution < -0.4 is 4.90 Å². The van der Waals surface area contributed by atoms with E-state index in [-0.39, 0.29) is 23.8 Å². The van der Waals surface area contributed by atoms with Crippen LogP contribution in [0.3, 0.4) is 0 Å². The number of benzene rings is 1. The molecule has 4 aromatic rings. The summed E-state index contributed by atoms with van der Waals surface area (Å²) < 4.78 is 16.0. The van der Waals surface area contributed by atoms with E-state index in [1.807, 2.05) is 24.3 Å². The number of aromatic nitrogens is 2. The molecule has 1 amide bonds. The van der Waals surface area contributed by atoms with E-state index in [2.05, 4.69) is 10.1 Å². The largest absolute Gasteiger partial charge is 0.463 e. The lowest BCUT2D eigenvalue weighted by Crippen LogP contribution is -2.38. The van der Waals surface area contributed by atoms with Gasteiger partial charge in [-0.3, -0.25) is 4.79 Å². The van der Waals surface area contributed by atoms with Gasteiger partial charge in [-0.15, -0.1) is 0 Å². The molecule has 8 heteroatoms. The van der Waals surface area contributed by atoms with Gasteiger partial charge in [0.2, 0.25) is 0 Å². The van der Waals surface area contributed by atoms with E-state index in [0.717, 1.165) is 24.1 Å². The average molecular weight is 417 g/mol. The Morgan fingerprint density at radius 2 is 2.06 bits per heavy atom. The van der Waals surface area contributed by atoms with Crippen molar-refractivity contribution in [3.63, 3.8) is 0 Å². The summed E-state index contributed by atoms with van der Waals surface area (Å²) in [5, 5.41) is 4.36. The Labute approximate surface area is 177 Å². The van der Waals surface area contributed by atoms with Crippen LogP contribution in [-0.2, 0) is 16.0 Å². The van der Waals surface area contributed by atoms with Crippen molar-refractivity contribution in [1.29, 1.82) is 0 Å². The first kappa shape index (κ1) is 19.0. The second-order valence-corrected chi connectivity index (χ2v) is 7.33. The summed E-state index contributed by atoms with van der Waals surface area (Å²) in [5.41, 5.74) is 3.34. The smallest absolute Gasteiger partial charge is 0.339 e. The quantitative estimate of drug-likeness (QED) is 0.464. The molecule has 5 rings (SSSR count). The fraction of sp³-hybridized carbons (Fsp3) is 0.217. The number of fused-ring (bicyclic) bond motifs is 2. The van der Waals surface area contributed by atoms with Crippen LogP contribution in [0, 0.1) is 6.92 Å². The van der Waals surface area contributed by atoms with E-state index in [9.17, 15) is 9.59 Å². The van der Waals surface area contributed by atoms with Gasteiger partial charge in [-0.2, -0.15) is 0 Å². The summed E-state index contributed by atoms with van der Waals surface area (Å²) in [6, 6.07) is 12.8. The summed E-state index contributed by atoms with van der Waals surface area (Å²) in [6.45, 7) is 1.95. The highest BCUT2D eigenvalue weighted by atomic mass is 16.5. The third-order valence-electron chi connectivity index (χ3n) is 5.35. The number of furan rings is 1. The minimum absolute atomic E-state index is 0.203. The highest BCUT2D eigenvalue weighted by Crippen LogP contribution is 2.29. The molecule has 0 saturated heterocycles. The second-order valence-electron chi connectivity index (χ2n) is 7.33. The molecule has 8 nitrogen and oxygen atoms in total. The van der Waals surface area contributed by atoms with E-state index >= 15 is 0 Å². The van der Waals surface area contributed by atoms with Gasteiger partial charge in [-0.25, -0.2) is 9.78 Å². The number of nitrogens with zero attached hydrogens (tertiary/aromatic N) is 3. The molecule has 1 aromatic carbocycles. The first-order valence-corrected chi connectivity index (χ1v) is 9.98. The topological polar surface area (TPSA) is 98.7 Å². The Morgan fingerprint density at radius 3 is 2.90 bits per heavy atom. The minimum Gasteiger partial charge on any atom is -0.463 e. The number of amides is 1. The maximum Gasteiger partial charge on any atom is 0.339 e. The summed E-state index contributed by atoms with van der Waals surface area (Å²) >= 11 is 0. The lowest BCUT2D eigenvalue weighted by atomic mass is 10.0. The first-order chi connectivity index (χ1) is 15.1. The number of hydrogen-bond acceptors (Lipinski definition) is 7. The average Bonchev–Trinajstić information content (AvgIpc) is 3.47. The molecule has 1 aliphatic heterocycles. The van der Waals surface area contributed by atoms with E-state index < -0.39 is 5.97 Å². The molecule has 0 N–H and O–H groups in total. The number of hydrogen-bond donors (Lipinski definition) is 0. The zero-order valence-corrected chi connectivity index (χ0v) is 16.8. The standard InChI is InChI=1S/C23H19N3O5/c1-14-21-16(12-17(19-9-5-11-29-19)24-22(21)31-25-14)23(28)30-13-20(27)26-10-4-7-15-6-2-3-8-18(15)26/h2-3,5-6,8-9,11-12H,4,7,10,13H2,1H3. The summed E-state index contributed by atoms with van der Waals surface area (Å²) in [6.07, 6.45) is 3.31. The summed E-state index contributed by atoms with van der Waals surface area (Å²) in [5.74, 6) is -0.435. The normalized spacial score (nSPS) is 13.3. The summed E-state index contributed by atoms with van der Waals surface area (Å²) in [7, 11) is 0. The van der Waals surface area contributed by atoms with E-state index in [1.165, 1.54) is 6.26 Å². The van der Waals surface area contributed by atoms with Gasteiger partial charge >= 0.3 is 5.97 Å². The molecule has 0 fully saturated rings. The number of ether oxygens (including phenoxy) is 1. The van der Waals surface area contributed by atoms with Crippen LogP contribution in [-0.4, -0.2) is 35.2 Å². The Hall–Kier alpha value is -3.94. The Balaban J connectivity index is 1.40. The number of carbonyl (C=O) groups excluding carboxylic acids is 2. The highest BCUT2D eigenvalue weighted by molar-refractivity contribution is 6.05. The Morgan fingerprint density at radius 1 is 1.19 bits per heavy atom. The van der Waals surface area contributed by atoms with Gasteiger partial charge in [-0.1, -0.05) is 23.4 Å².